The van der Waals surface area contributed by atoms with Crippen LogP contribution in [0.1, 0.15) is 38.2 Å². The average molecular weight is 249 g/mol. The topological polar surface area (TPSA) is 44.5 Å². The number of ether oxygens (including phenoxy) is 2. The number of benzene rings is 1. The van der Waals surface area contributed by atoms with Crippen molar-refractivity contribution in [3.05, 3.63) is 23.8 Å². The quantitative estimate of drug-likeness (QED) is 0.843. The van der Waals surface area contributed by atoms with Gasteiger partial charge in [0, 0.05) is 0 Å². The molecule has 1 saturated carbocycles. The predicted octanol–water partition coefficient (Wildman–Crippen LogP) is 2.91. The fourth-order valence-electron chi connectivity index (χ4n) is 2.43. The molecule has 2 rings (SSSR count). The lowest BCUT2D eigenvalue weighted by atomic mass is 10.1. The van der Waals surface area contributed by atoms with E-state index in [0.717, 1.165) is 30.8 Å². The van der Waals surface area contributed by atoms with Crippen LogP contribution in [0.5, 0.6) is 11.5 Å². The van der Waals surface area contributed by atoms with Crippen LogP contribution < -0.4 is 15.2 Å². The Morgan fingerprint density at radius 1 is 1.22 bits per heavy atom. The lowest BCUT2D eigenvalue weighted by Crippen LogP contribution is -2.12. The van der Waals surface area contributed by atoms with Crippen molar-refractivity contribution in [3.63, 3.8) is 0 Å². The van der Waals surface area contributed by atoms with Gasteiger partial charge in [-0.15, -0.1) is 0 Å². The van der Waals surface area contributed by atoms with Crippen molar-refractivity contribution in [1.29, 1.82) is 0 Å². The molecule has 1 fully saturated rings. The second-order valence-corrected chi connectivity index (χ2v) is 4.78. The summed E-state index contributed by atoms with van der Waals surface area (Å²) in [5.41, 5.74) is 6.79. The molecule has 0 bridgehead atoms. The van der Waals surface area contributed by atoms with Gasteiger partial charge in [-0.2, -0.15) is 0 Å². The summed E-state index contributed by atoms with van der Waals surface area (Å²) in [5, 5.41) is 0. The van der Waals surface area contributed by atoms with E-state index >= 15 is 0 Å². The molecule has 0 spiro atoms. The minimum atomic E-state index is 0.365. The van der Waals surface area contributed by atoms with Gasteiger partial charge < -0.3 is 15.2 Å². The van der Waals surface area contributed by atoms with Crippen LogP contribution in [0.15, 0.2) is 18.2 Å². The SMILES string of the molecule is CCOc1cc(CCN)ccc1OC1CCCC1. The Balaban J connectivity index is 2.11. The van der Waals surface area contributed by atoms with E-state index in [2.05, 4.69) is 12.1 Å². The van der Waals surface area contributed by atoms with E-state index in [9.17, 15) is 0 Å². The van der Waals surface area contributed by atoms with Crippen LogP contribution in [-0.4, -0.2) is 19.3 Å². The Bertz CT molecular complexity index is 373. The van der Waals surface area contributed by atoms with Crippen molar-refractivity contribution in [1.82, 2.24) is 0 Å². The fraction of sp³-hybridized carbons (Fsp3) is 0.600. The Labute approximate surface area is 109 Å². The molecule has 1 aliphatic carbocycles. The van der Waals surface area contributed by atoms with Crippen molar-refractivity contribution in [2.45, 2.75) is 45.1 Å². The highest BCUT2D eigenvalue weighted by atomic mass is 16.5. The molecular formula is C15H23NO2. The summed E-state index contributed by atoms with van der Waals surface area (Å²) >= 11 is 0. The molecule has 0 atom stereocenters. The van der Waals surface area contributed by atoms with E-state index < -0.39 is 0 Å². The zero-order valence-corrected chi connectivity index (χ0v) is 11.2. The molecule has 100 valence electrons. The number of nitrogens with two attached hydrogens (primary N) is 1. The standard InChI is InChI=1S/C15H23NO2/c1-2-17-15-11-12(9-10-16)7-8-14(15)18-13-5-3-4-6-13/h7-8,11,13H,2-6,9-10,16H2,1H3. The maximum atomic E-state index is 6.04. The van der Waals surface area contributed by atoms with Gasteiger partial charge in [-0.05, 0) is 63.3 Å². The zero-order chi connectivity index (χ0) is 12.8. The molecule has 0 radical (unpaired) electrons. The first-order chi connectivity index (χ1) is 8.83. The molecule has 0 amide bonds. The van der Waals surface area contributed by atoms with E-state index in [1.165, 1.54) is 18.4 Å². The van der Waals surface area contributed by atoms with Crippen molar-refractivity contribution in [3.8, 4) is 11.5 Å². The molecule has 3 heteroatoms. The largest absolute Gasteiger partial charge is 0.490 e. The number of hydrogen-bond acceptors (Lipinski definition) is 3. The monoisotopic (exact) mass is 249 g/mol. The van der Waals surface area contributed by atoms with Crippen LogP contribution in [0.25, 0.3) is 0 Å². The third-order valence-electron chi connectivity index (χ3n) is 3.34. The third kappa shape index (κ3) is 3.39. The van der Waals surface area contributed by atoms with Gasteiger partial charge in [0.05, 0.1) is 12.7 Å². The Kier molecular flexibility index (Phi) is 4.88. The van der Waals surface area contributed by atoms with Gasteiger partial charge in [0.2, 0.25) is 0 Å². The molecule has 0 aliphatic heterocycles. The maximum absolute atomic E-state index is 6.04. The van der Waals surface area contributed by atoms with Crippen molar-refractivity contribution >= 4 is 0 Å². The normalized spacial score (nSPS) is 15.9. The van der Waals surface area contributed by atoms with E-state index in [-0.39, 0.29) is 0 Å². The molecule has 2 N–H and O–H groups in total. The van der Waals surface area contributed by atoms with E-state index in [0.29, 0.717) is 19.3 Å². The summed E-state index contributed by atoms with van der Waals surface area (Å²) in [6.45, 7) is 3.32. The van der Waals surface area contributed by atoms with Gasteiger partial charge in [0.1, 0.15) is 0 Å². The lowest BCUT2D eigenvalue weighted by Gasteiger charge is -2.17. The van der Waals surface area contributed by atoms with Crippen LogP contribution in [0.2, 0.25) is 0 Å². The molecule has 1 aromatic carbocycles. The summed E-state index contributed by atoms with van der Waals surface area (Å²) in [4.78, 5) is 0. The minimum Gasteiger partial charge on any atom is -0.490 e. The van der Waals surface area contributed by atoms with Gasteiger partial charge in [-0.1, -0.05) is 6.07 Å². The molecule has 0 unspecified atom stereocenters. The van der Waals surface area contributed by atoms with E-state index in [1.54, 1.807) is 0 Å². The zero-order valence-electron chi connectivity index (χ0n) is 11.2. The molecular weight excluding hydrogens is 226 g/mol. The maximum Gasteiger partial charge on any atom is 0.161 e. The summed E-state index contributed by atoms with van der Waals surface area (Å²) in [6, 6.07) is 6.16. The molecule has 1 aliphatic rings. The molecule has 1 aromatic rings. The van der Waals surface area contributed by atoms with Crippen LogP contribution >= 0.6 is 0 Å². The van der Waals surface area contributed by atoms with Crippen LogP contribution in [-0.2, 0) is 6.42 Å². The highest BCUT2D eigenvalue weighted by molar-refractivity contribution is 5.43. The second-order valence-electron chi connectivity index (χ2n) is 4.78. The van der Waals surface area contributed by atoms with Gasteiger partial charge >= 0.3 is 0 Å². The highest BCUT2D eigenvalue weighted by Crippen LogP contribution is 2.32. The van der Waals surface area contributed by atoms with Gasteiger partial charge in [-0.3, -0.25) is 0 Å². The van der Waals surface area contributed by atoms with Crippen LogP contribution in [0, 0.1) is 0 Å². The first-order valence-corrected chi connectivity index (χ1v) is 6.96. The fourth-order valence-corrected chi connectivity index (χ4v) is 2.43. The minimum absolute atomic E-state index is 0.365. The predicted molar refractivity (Wildman–Crippen MR) is 73.3 cm³/mol. The molecule has 3 nitrogen and oxygen atoms in total. The van der Waals surface area contributed by atoms with Crippen molar-refractivity contribution in [2.75, 3.05) is 13.2 Å². The molecule has 18 heavy (non-hydrogen) atoms. The van der Waals surface area contributed by atoms with Gasteiger partial charge in [0.25, 0.3) is 0 Å². The first-order valence-electron chi connectivity index (χ1n) is 6.96. The van der Waals surface area contributed by atoms with E-state index in [1.807, 2.05) is 13.0 Å². The van der Waals surface area contributed by atoms with Crippen LogP contribution in [0.4, 0.5) is 0 Å². The summed E-state index contributed by atoms with van der Waals surface area (Å²) in [5.74, 6) is 1.74. The molecule has 0 heterocycles. The van der Waals surface area contributed by atoms with Gasteiger partial charge in [0.15, 0.2) is 11.5 Å². The van der Waals surface area contributed by atoms with E-state index in [4.69, 9.17) is 15.2 Å². The Morgan fingerprint density at radius 3 is 2.67 bits per heavy atom. The third-order valence-corrected chi connectivity index (χ3v) is 3.34. The molecule has 0 saturated heterocycles. The number of rotatable bonds is 6. The number of hydrogen-bond donors (Lipinski definition) is 1. The van der Waals surface area contributed by atoms with Gasteiger partial charge in [-0.25, -0.2) is 0 Å². The van der Waals surface area contributed by atoms with Crippen molar-refractivity contribution < 1.29 is 9.47 Å². The average Bonchev–Trinajstić information content (AvgIpc) is 2.86. The van der Waals surface area contributed by atoms with Crippen molar-refractivity contribution in [2.24, 2.45) is 5.73 Å². The molecule has 0 aromatic heterocycles. The lowest BCUT2D eigenvalue weighted by molar-refractivity contribution is 0.196. The summed E-state index contributed by atoms with van der Waals surface area (Å²) < 4.78 is 11.7. The first kappa shape index (κ1) is 13.2. The summed E-state index contributed by atoms with van der Waals surface area (Å²) in [6.07, 6.45) is 6.13. The smallest absolute Gasteiger partial charge is 0.161 e. The highest BCUT2D eigenvalue weighted by Gasteiger charge is 2.18. The van der Waals surface area contributed by atoms with Crippen LogP contribution in [0.3, 0.4) is 0 Å². The second kappa shape index (κ2) is 6.64. The Morgan fingerprint density at radius 2 is 2.00 bits per heavy atom. The summed E-state index contributed by atoms with van der Waals surface area (Å²) in [7, 11) is 0. The Hall–Kier alpha value is -1.22.